The van der Waals surface area contributed by atoms with Crippen molar-refractivity contribution in [3.63, 3.8) is 0 Å². The third kappa shape index (κ3) is 13.0. The molecule has 14 heteroatoms. The Morgan fingerprint density at radius 3 is 0.881 bits per heavy atom. The summed E-state index contributed by atoms with van der Waals surface area (Å²) in [6.45, 7) is 19.6. The molecule has 0 spiro atoms. The number of hydrogen-bond donors (Lipinski definition) is 0. The normalized spacial score (nSPS) is 19.2. The van der Waals surface area contributed by atoms with Crippen LogP contribution in [0, 0.1) is 0 Å². The number of ether oxygens (including phenoxy) is 4. The highest BCUT2D eigenvalue weighted by molar-refractivity contribution is 8.00. The number of thioether (sulfide) groups is 4. The molecule has 10 nitrogen and oxygen atoms in total. The second-order valence-electron chi connectivity index (χ2n) is 11.1. The summed E-state index contributed by atoms with van der Waals surface area (Å²) in [5.74, 6) is 3.34. The van der Waals surface area contributed by atoms with Crippen molar-refractivity contribution < 1.29 is 28.5 Å². The van der Waals surface area contributed by atoms with Crippen LogP contribution in [0.3, 0.4) is 0 Å². The Labute approximate surface area is 271 Å². The largest absolute Gasteiger partial charge is 0.360 e. The van der Waals surface area contributed by atoms with Gasteiger partial charge in [-0.3, -0.25) is 19.6 Å². The van der Waals surface area contributed by atoms with Crippen molar-refractivity contribution in [2.75, 3.05) is 76.4 Å². The van der Waals surface area contributed by atoms with Crippen LogP contribution in [0.15, 0.2) is 0 Å². The zero-order chi connectivity index (χ0) is 31.1. The molecule has 42 heavy (non-hydrogen) atoms. The van der Waals surface area contributed by atoms with Gasteiger partial charge in [-0.25, -0.2) is 9.59 Å². The van der Waals surface area contributed by atoms with Gasteiger partial charge in [0.1, 0.15) is 26.9 Å². The Hall–Kier alpha value is -0.220. The molecule has 0 radical (unpaired) electrons. The zero-order valence-electron chi connectivity index (χ0n) is 26.8. The highest BCUT2D eigenvalue weighted by Crippen LogP contribution is 2.35. The Kier molecular flexibility index (Phi) is 18.7. The van der Waals surface area contributed by atoms with Gasteiger partial charge in [0.05, 0.1) is 26.4 Å². The third-order valence-corrected chi connectivity index (χ3v) is 10.4. The summed E-state index contributed by atoms with van der Waals surface area (Å²) in [6.07, 6.45) is -1.13. The Balaban J connectivity index is 2.18. The fourth-order valence-corrected chi connectivity index (χ4v) is 7.05. The van der Waals surface area contributed by atoms with E-state index < -0.39 is 12.3 Å². The van der Waals surface area contributed by atoms with Crippen molar-refractivity contribution >= 4 is 59.1 Å². The standard InChI is InChI=1S/C28H54N4O6S4/c1-21(2)39-13-9-35-17-29-25-26(31(27(29)33)19-37-11-15-41-23(5)6)32(20-38-12-16-42-24(7)8)28(34)30(25)18-36-10-14-40-22(3)4/h21-26H,9-20H2,1-8H3. The molecule has 0 aromatic carbocycles. The van der Waals surface area contributed by atoms with E-state index >= 15 is 0 Å². The fraction of sp³-hybridized carbons (Fsp3) is 0.929. The average Bonchev–Trinajstić information content (AvgIpc) is 3.32. The minimum atomic E-state index is -0.567. The van der Waals surface area contributed by atoms with Crippen LogP contribution in [-0.4, -0.2) is 141 Å². The Morgan fingerprint density at radius 2 is 0.690 bits per heavy atom. The van der Waals surface area contributed by atoms with Gasteiger partial charge in [-0.05, 0) is 21.0 Å². The monoisotopic (exact) mass is 670 g/mol. The van der Waals surface area contributed by atoms with Crippen molar-refractivity contribution in [2.24, 2.45) is 0 Å². The predicted octanol–water partition coefficient (Wildman–Crippen LogP) is 5.58. The first-order valence-electron chi connectivity index (χ1n) is 15.0. The van der Waals surface area contributed by atoms with Gasteiger partial charge < -0.3 is 18.9 Å². The highest BCUT2D eigenvalue weighted by Gasteiger charge is 2.59. The van der Waals surface area contributed by atoms with Gasteiger partial charge in [-0.1, -0.05) is 55.4 Å². The molecule has 2 heterocycles. The van der Waals surface area contributed by atoms with Crippen molar-refractivity contribution in [3.05, 3.63) is 0 Å². The van der Waals surface area contributed by atoms with Crippen LogP contribution in [0.4, 0.5) is 9.59 Å². The van der Waals surface area contributed by atoms with Crippen LogP contribution in [-0.2, 0) is 18.9 Å². The second-order valence-corrected chi connectivity index (χ2v) is 17.8. The van der Waals surface area contributed by atoms with Crippen LogP contribution >= 0.6 is 47.0 Å². The maximum Gasteiger partial charge on any atom is 0.327 e. The summed E-state index contributed by atoms with van der Waals surface area (Å²) in [4.78, 5) is 34.1. The third-order valence-electron chi connectivity index (χ3n) is 6.16. The number of rotatable bonds is 24. The Bertz CT molecular complexity index is 665. The molecule has 0 unspecified atom stereocenters. The zero-order valence-corrected chi connectivity index (χ0v) is 30.1. The topological polar surface area (TPSA) is 84.0 Å². The molecule has 2 aliphatic rings. The SMILES string of the molecule is CC(C)SCCOCN1C(=O)N(COCCSC(C)C)C2C1N(COCCSC(C)C)C(=O)N2COCCSC(C)C. The summed E-state index contributed by atoms with van der Waals surface area (Å²) < 4.78 is 23.9. The van der Waals surface area contributed by atoms with E-state index in [0.29, 0.717) is 47.4 Å². The van der Waals surface area contributed by atoms with E-state index in [-0.39, 0.29) is 39.0 Å². The number of nitrogens with zero attached hydrogens (tertiary/aromatic N) is 4. The fourth-order valence-electron chi connectivity index (χ4n) is 4.31. The van der Waals surface area contributed by atoms with Gasteiger partial charge in [-0.15, -0.1) is 0 Å². The number of carbonyl (C=O) groups excluding carboxylic acids is 2. The van der Waals surface area contributed by atoms with E-state index in [1.807, 2.05) is 47.0 Å². The maximum absolute atomic E-state index is 13.8. The molecule has 2 rings (SSSR count). The van der Waals surface area contributed by atoms with Crippen molar-refractivity contribution in [2.45, 2.75) is 88.7 Å². The van der Waals surface area contributed by atoms with Crippen LogP contribution in [0.1, 0.15) is 55.4 Å². The first-order valence-corrected chi connectivity index (χ1v) is 19.2. The van der Waals surface area contributed by atoms with Gasteiger partial charge in [0.15, 0.2) is 12.3 Å². The summed E-state index contributed by atoms with van der Waals surface area (Å²) in [5, 5.41) is 2.03. The number of carbonyl (C=O) groups is 2. The highest BCUT2D eigenvalue weighted by atomic mass is 32.2. The lowest BCUT2D eigenvalue weighted by Crippen LogP contribution is -2.48. The number of urea groups is 2. The van der Waals surface area contributed by atoms with E-state index in [0.717, 1.165) is 23.0 Å². The molecule has 246 valence electrons. The summed E-state index contributed by atoms with van der Waals surface area (Å²) in [7, 11) is 0. The van der Waals surface area contributed by atoms with Crippen molar-refractivity contribution in [1.82, 2.24) is 19.6 Å². The molecule has 0 aromatic rings. The molecule has 0 N–H and O–H groups in total. The molecular formula is C28H54N4O6S4. The van der Waals surface area contributed by atoms with E-state index in [1.165, 1.54) is 0 Å². The molecule has 4 amide bonds. The van der Waals surface area contributed by atoms with Gasteiger partial charge in [0, 0.05) is 23.0 Å². The quantitative estimate of drug-likeness (QED) is 0.122. The van der Waals surface area contributed by atoms with Gasteiger partial charge in [0.25, 0.3) is 0 Å². The Morgan fingerprint density at radius 1 is 0.476 bits per heavy atom. The van der Waals surface area contributed by atoms with Crippen molar-refractivity contribution in [1.29, 1.82) is 0 Å². The minimum Gasteiger partial charge on any atom is -0.360 e. The maximum atomic E-state index is 13.8. The molecule has 2 fully saturated rings. The summed E-state index contributed by atoms with van der Waals surface area (Å²) in [5.41, 5.74) is 0. The summed E-state index contributed by atoms with van der Waals surface area (Å²) >= 11 is 7.25. The number of amides is 4. The lowest BCUT2D eigenvalue weighted by molar-refractivity contribution is -0.0307. The molecule has 0 bridgehead atoms. The van der Waals surface area contributed by atoms with Crippen molar-refractivity contribution in [3.8, 4) is 0 Å². The molecule has 2 saturated heterocycles. The average molecular weight is 671 g/mol. The van der Waals surface area contributed by atoms with Crippen LogP contribution in [0.2, 0.25) is 0 Å². The van der Waals surface area contributed by atoms with Crippen LogP contribution < -0.4 is 0 Å². The smallest absolute Gasteiger partial charge is 0.327 e. The first kappa shape index (κ1) is 38.0. The van der Waals surface area contributed by atoms with Crippen LogP contribution in [0.5, 0.6) is 0 Å². The number of fused-ring (bicyclic) bond motifs is 1. The molecule has 0 aliphatic carbocycles. The van der Waals surface area contributed by atoms with E-state index in [4.69, 9.17) is 18.9 Å². The summed E-state index contributed by atoms with van der Waals surface area (Å²) in [6, 6.07) is -0.433. The minimum absolute atomic E-state index is 0.0884. The molecule has 0 saturated carbocycles. The first-order chi connectivity index (χ1) is 20.0. The second kappa shape index (κ2) is 20.7. The van der Waals surface area contributed by atoms with Gasteiger partial charge in [-0.2, -0.15) is 47.0 Å². The molecular weight excluding hydrogens is 617 g/mol. The molecule has 2 aliphatic heterocycles. The van der Waals surface area contributed by atoms with E-state index in [1.54, 1.807) is 19.6 Å². The number of hydrogen-bond acceptors (Lipinski definition) is 10. The predicted molar refractivity (Wildman–Crippen MR) is 179 cm³/mol. The molecule has 0 atom stereocenters. The lowest BCUT2D eigenvalue weighted by Gasteiger charge is -2.29. The molecule has 0 aromatic heterocycles. The van der Waals surface area contributed by atoms with E-state index in [9.17, 15) is 9.59 Å². The van der Waals surface area contributed by atoms with Crippen LogP contribution in [0.25, 0.3) is 0 Å². The van der Waals surface area contributed by atoms with E-state index in [2.05, 4.69) is 55.4 Å². The van der Waals surface area contributed by atoms with Gasteiger partial charge in [0.2, 0.25) is 0 Å². The lowest BCUT2D eigenvalue weighted by atomic mass is 10.3. The van der Waals surface area contributed by atoms with Gasteiger partial charge >= 0.3 is 12.1 Å².